The third kappa shape index (κ3) is 3.43. The normalized spacial score (nSPS) is 15.7. The van der Waals surface area contributed by atoms with Crippen molar-refractivity contribution in [2.45, 2.75) is 24.3 Å². The fraction of sp³-hybridized carbons (Fsp3) is 0.333. The molecule has 0 radical (unpaired) electrons. The number of benzene rings is 1. The van der Waals surface area contributed by atoms with Gasteiger partial charge in [-0.25, -0.2) is 13.2 Å². The van der Waals surface area contributed by atoms with Crippen LogP contribution in [0, 0.1) is 0 Å². The number of rotatable bonds is 5. The maximum Gasteiger partial charge on any atom is 0.338 e. The summed E-state index contributed by atoms with van der Waals surface area (Å²) < 4.78 is 36.1. The van der Waals surface area contributed by atoms with Crippen LogP contribution in [-0.4, -0.2) is 36.9 Å². The van der Waals surface area contributed by atoms with E-state index in [4.69, 9.17) is 9.26 Å². The maximum absolute atomic E-state index is 12.4. The number of carbonyl (C=O) groups excluding carboxylic acids is 1. The first kappa shape index (κ1) is 15.7. The van der Waals surface area contributed by atoms with Crippen molar-refractivity contribution in [2.24, 2.45) is 0 Å². The molecule has 1 aromatic carbocycles. The first-order valence-electron chi connectivity index (χ1n) is 7.24. The van der Waals surface area contributed by atoms with Crippen molar-refractivity contribution < 1.29 is 22.5 Å². The van der Waals surface area contributed by atoms with E-state index in [0.29, 0.717) is 18.8 Å². The second-order valence-electron chi connectivity index (χ2n) is 5.19. The molecule has 1 aliphatic heterocycles. The van der Waals surface area contributed by atoms with Crippen LogP contribution in [0.5, 0.6) is 0 Å². The highest BCUT2D eigenvalue weighted by atomic mass is 32.2. The molecular formula is C15H16N2O5S. The van der Waals surface area contributed by atoms with Gasteiger partial charge in [-0.1, -0.05) is 5.16 Å². The van der Waals surface area contributed by atoms with Gasteiger partial charge in [0.15, 0.2) is 12.4 Å². The summed E-state index contributed by atoms with van der Waals surface area (Å²) in [6.07, 6.45) is 3.22. The monoisotopic (exact) mass is 336 g/mol. The smallest absolute Gasteiger partial charge is 0.338 e. The Morgan fingerprint density at radius 3 is 2.48 bits per heavy atom. The zero-order valence-electron chi connectivity index (χ0n) is 12.3. The Morgan fingerprint density at radius 1 is 1.17 bits per heavy atom. The van der Waals surface area contributed by atoms with E-state index in [1.807, 2.05) is 0 Å². The topological polar surface area (TPSA) is 89.7 Å². The molecule has 0 bridgehead atoms. The molecule has 0 spiro atoms. The third-order valence-electron chi connectivity index (χ3n) is 3.63. The van der Waals surface area contributed by atoms with Crippen LogP contribution in [0.15, 0.2) is 45.9 Å². The molecule has 1 fully saturated rings. The van der Waals surface area contributed by atoms with Gasteiger partial charge in [-0.15, -0.1) is 0 Å². The molecule has 122 valence electrons. The Hall–Kier alpha value is -2.19. The van der Waals surface area contributed by atoms with Gasteiger partial charge in [-0.3, -0.25) is 0 Å². The van der Waals surface area contributed by atoms with Gasteiger partial charge < -0.3 is 9.26 Å². The number of ether oxygens (including phenoxy) is 1. The fourth-order valence-corrected chi connectivity index (χ4v) is 3.89. The van der Waals surface area contributed by atoms with Crippen LogP contribution in [0.4, 0.5) is 0 Å². The van der Waals surface area contributed by atoms with E-state index in [1.54, 1.807) is 6.07 Å². The number of esters is 1. The summed E-state index contributed by atoms with van der Waals surface area (Å²) in [7, 11) is -3.47. The highest BCUT2D eigenvalue weighted by Gasteiger charge is 2.27. The average Bonchev–Trinajstić information content (AvgIpc) is 3.26. The SMILES string of the molecule is O=C(OCc1ccno1)c1ccc(S(=O)(=O)N2CCCC2)cc1. The number of aromatic nitrogens is 1. The largest absolute Gasteiger partial charge is 0.454 e. The van der Waals surface area contributed by atoms with Crippen LogP contribution in [-0.2, 0) is 21.4 Å². The predicted octanol–water partition coefficient (Wildman–Crippen LogP) is 1.82. The van der Waals surface area contributed by atoms with Crippen molar-refractivity contribution in [2.75, 3.05) is 13.1 Å². The summed E-state index contributed by atoms with van der Waals surface area (Å²) in [5.74, 6) is -0.113. The second-order valence-corrected chi connectivity index (χ2v) is 7.13. The minimum absolute atomic E-state index is 0.0212. The van der Waals surface area contributed by atoms with Crippen LogP contribution in [0.25, 0.3) is 0 Å². The molecule has 7 nitrogen and oxygen atoms in total. The minimum atomic E-state index is -3.47. The predicted molar refractivity (Wildman–Crippen MR) is 80.1 cm³/mol. The number of hydrogen-bond acceptors (Lipinski definition) is 6. The third-order valence-corrected chi connectivity index (χ3v) is 5.54. The van der Waals surface area contributed by atoms with E-state index in [9.17, 15) is 13.2 Å². The molecule has 0 atom stereocenters. The number of nitrogens with zero attached hydrogens (tertiary/aromatic N) is 2. The van der Waals surface area contributed by atoms with Gasteiger partial charge in [-0.05, 0) is 37.1 Å². The number of carbonyl (C=O) groups is 1. The standard InChI is InChI=1S/C15H16N2O5S/c18-15(21-11-13-7-8-16-22-13)12-3-5-14(6-4-12)23(19,20)17-9-1-2-10-17/h3-8H,1-2,9-11H2. The summed E-state index contributed by atoms with van der Waals surface area (Å²) in [6, 6.07) is 7.35. The van der Waals surface area contributed by atoms with Crippen LogP contribution in [0.1, 0.15) is 29.0 Å². The van der Waals surface area contributed by atoms with Crippen molar-refractivity contribution in [3.63, 3.8) is 0 Å². The lowest BCUT2D eigenvalue weighted by Crippen LogP contribution is -2.27. The van der Waals surface area contributed by atoms with Gasteiger partial charge in [0.1, 0.15) is 0 Å². The molecule has 1 aliphatic rings. The van der Waals surface area contributed by atoms with E-state index in [1.165, 1.54) is 34.8 Å². The van der Waals surface area contributed by atoms with Gasteiger partial charge >= 0.3 is 5.97 Å². The molecule has 2 heterocycles. The highest BCUT2D eigenvalue weighted by molar-refractivity contribution is 7.89. The van der Waals surface area contributed by atoms with E-state index in [-0.39, 0.29) is 17.1 Å². The van der Waals surface area contributed by atoms with Crippen molar-refractivity contribution in [3.05, 3.63) is 47.9 Å². The quantitative estimate of drug-likeness (QED) is 0.774. The van der Waals surface area contributed by atoms with Crippen molar-refractivity contribution in [1.29, 1.82) is 0 Å². The lowest BCUT2D eigenvalue weighted by molar-refractivity contribution is 0.0437. The Morgan fingerprint density at radius 2 is 1.87 bits per heavy atom. The molecule has 3 rings (SSSR count). The van der Waals surface area contributed by atoms with E-state index in [2.05, 4.69) is 5.16 Å². The van der Waals surface area contributed by atoms with E-state index < -0.39 is 16.0 Å². The van der Waals surface area contributed by atoms with Gasteiger partial charge in [0.25, 0.3) is 0 Å². The number of hydrogen-bond donors (Lipinski definition) is 0. The number of sulfonamides is 1. The summed E-state index contributed by atoms with van der Waals surface area (Å²) in [5.41, 5.74) is 0.282. The molecule has 23 heavy (non-hydrogen) atoms. The van der Waals surface area contributed by atoms with Crippen LogP contribution in [0.2, 0.25) is 0 Å². The first-order chi connectivity index (χ1) is 11.1. The van der Waals surface area contributed by atoms with Crippen LogP contribution < -0.4 is 0 Å². The maximum atomic E-state index is 12.4. The van der Waals surface area contributed by atoms with Crippen LogP contribution in [0.3, 0.4) is 0 Å². The second kappa shape index (κ2) is 6.51. The molecule has 2 aromatic rings. The molecule has 0 saturated carbocycles. The first-order valence-corrected chi connectivity index (χ1v) is 8.68. The molecule has 1 aromatic heterocycles. The van der Waals surface area contributed by atoms with Crippen molar-refractivity contribution >= 4 is 16.0 Å². The summed E-state index contributed by atoms with van der Waals surface area (Å²) in [4.78, 5) is 12.1. The highest BCUT2D eigenvalue weighted by Crippen LogP contribution is 2.21. The zero-order valence-corrected chi connectivity index (χ0v) is 13.2. The molecule has 0 aliphatic carbocycles. The molecule has 0 N–H and O–H groups in total. The van der Waals surface area contributed by atoms with Gasteiger partial charge in [0, 0.05) is 19.2 Å². The summed E-state index contributed by atoms with van der Waals surface area (Å²) >= 11 is 0. The molecule has 8 heteroatoms. The van der Waals surface area contributed by atoms with Gasteiger partial charge in [-0.2, -0.15) is 4.31 Å². The van der Waals surface area contributed by atoms with E-state index in [0.717, 1.165) is 12.8 Å². The van der Waals surface area contributed by atoms with Crippen molar-refractivity contribution in [3.8, 4) is 0 Å². The Labute approximate surface area is 133 Å². The molecule has 0 unspecified atom stereocenters. The minimum Gasteiger partial charge on any atom is -0.454 e. The zero-order chi connectivity index (χ0) is 16.3. The fourth-order valence-electron chi connectivity index (χ4n) is 2.38. The molecule has 1 saturated heterocycles. The molecule has 0 amide bonds. The Balaban J connectivity index is 1.67. The summed E-state index contributed by atoms with van der Waals surface area (Å²) in [5, 5.41) is 3.51. The molecular weight excluding hydrogens is 320 g/mol. The lowest BCUT2D eigenvalue weighted by atomic mass is 10.2. The van der Waals surface area contributed by atoms with Gasteiger partial charge in [0.2, 0.25) is 10.0 Å². The lowest BCUT2D eigenvalue weighted by Gasteiger charge is -2.15. The van der Waals surface area contributed by atoms with Crippen LogP contribution >= 0.6 is 0 Å². The summed E-state index contributed by atoms with van der Waals surface area (Å²) in [6.45, 7) is 1.07. The van der Waals surface area contributed by atoms with Crippen molar-refractivity contribution in [1.82, 2.24) is 9.46 Å². The Bertz CT molecular complexity index is 763. The van der Waals surface area contributed by atoms with Gasteiger partial charge in [0.05, 0.1) is 16.7 Å². The average molecular weight is 336 g/mol. The van der Waals surface area contributed by atoms with E-state index >= 15 is 0 Å². The Kier molecular flexibility index (Phi) is 4.44.